The van der Waals surface area contributed by atoms with E-state index >= 15 is 0 Å². The van der Waals surface area contributed by atoms with E-state index in [1.165, 1.54) is 0 Å². The number of rotatable bonds is 3. The summed E-state index contributed by atoms with van der Waals surface area (Å²) in [6.45, 7) is 1.83. The molecule has 2 aromatic rings. The molecule has 2 rings (SSSR count). The molecule has 0 saturated heterocycles. The Bertz CT molecular complexity index is 552. The minimum atomic E-state index is 0.574. The van der Waals surface area contributed by atoms with E-state index in [0.29, 0.717) is 21.7 Å². The fourth-order valence-corrected chi connectivity index (χ4v) is 2.06. The number of nitrogens with one attached hydrogen (secondary N) is 2. The number of hydrogen-bond donors (Lipinski definition) is 2. The van der Waals surface area contributed by atoms with Crippen molar-refractivity contribution in [2.75, 3.05) is 17.7 Å². The second kappa shape index (κ2) is 5.42. The first-order valence-electron chi connectivity index (χ1n) is 5.33. The predicted octanol–water partition coefficient (Wildman–Crippen LogP) is 3.88. The van der Waals surface area contributed by atoms with Crippen LogP contribution in [0.15, 0.2) is 24.3 Å². The molecule has 6 heteroatoms. The first-order chi connectivity index (χ1) is 8.56. The van der Waals surface area contributed by atoms with E-state index < -0.39 is 0 Å². The van der Waals surface area contributed by atoms with Gasteiger partial charge in [0.1, 0.15) is 17.5 Å². The van der Waals surface area contributed by atoms with Crippen molar-refractivity contribution in [1.82, 2.24) is 9.97 Å². The molecule has 0 amide bonds. The van der Waals surface area contributed by atoms with Crippen LogP contribution in [0.3, 0.4) is 0 Å². The molecule has 0 bridgehead atoms. The van der Waals surface area contributed by atoms with Gasteiger partial charge in [-0.2, -0.15) is 0 Å². The lowest BCUT2D eigenvalue weighted by Gasteiger charge is -2.09. The molecule has 0 spiro atoms. The lowest BCUT2D eigenvalue weighted by atomic mass is 10.3. The van der Waals surface area contributed by atoms with Crippen molar-refractivity contribution in [2.24, 2.45) is 0 Å². The van der Waals surface area contributed by atoms with E-state index in [4.69, 9.17) is 23.2 Å². The Labute approximate surface area is 115 Å². The minimum Gasteiger partial charge on any atom is -0.373 e. The van der Waals surface area contributed by atoms with E-state index in [2.05, 4.69) is 20.6 Å². The van der Waals surface area contributed by atoms with Crippen LogP contribution in [0.25, 0.3) is 0 Å². The molecule has 2 N–H and O–H groups in total. The van der Waals surface area contributed by atoms with Gasteiger partial charge in [0.25, 0.3) is 0 Å². The molecule has 0 aliphatic rings. The van der Waals surface area contributed by atoms with E-state index in [1.807, 2.05) is 20.0 Å². The summed E-state index contributed by atoms with van der Waals surface area (Å²) in [6.07, 6.45) is 0. The molecule has 0 aliphatic carbocycles. The van der Waals surface area contributed by atoms with Crippen molar-refractivity contribution < 1.29 is 0 Å². The number of nitrogens with zero attached hydrogens (tertiary/aromatic N) is 2. The first-order valence-corrected chi connectivity index (χ1v) is 6.09. The number of benzene rings is 1. The first kappa shape index (κ1) is 12.9. The minimum absolute atomic E-state index is 0.574. The van der Waals surface area contributed by atoms with Crippen molar-refractivity contribution in [1.29, 1.82) is 0 Å². The number of hydrogen-bond acceptors (Lipinski definition) is 4. The maximum atomic E-state index is 5.94. The van der Waals surface area contributed by atoms with Gasteiger partial charge in [-0.3, -0.25) is 0 Å². The van der Waals surface area contributed by atoms with Gasteiger partial charge < -0.3 is 10.6 Å². The van der Waals surface area contributed by atoms with Crippen molar-refractivity contribution in [2.45, 2.75) is 6.92 Å². The maximum Gasteiger partial charge on any atom is 0.136 e. The van der Waals surface area contributed by atoms with Gasteiger partial charge in [-0.05, 0) is 25.1 Å². The van der Waals surface area contributed by atoms with Gasteiger partial charge in [-0.25, -0.2) is 9.97 Å². The molecule has 0 fully saturated rings. The van der Waals surface area contributed by atoms with Gasteiger partial charge in [0.2, 0.25) is 0 Å². The zero-order valence-corrected chi connectivity index (χ0v) is 11.5. The number of halogens is 2. The molecule has 0 saturated carbocycles. The Morgan fingerprint density at radius 3 is 2.17 bits per heavy atom. The highest BCUT2D eigenvalue weighted by Gasteiger charge is 2.03. The van der Waals surface area contributed by atoms with E-state index in [1.54, 1.807) is 18.2 Å². The average Bonchev–Trinajstić information content (AvgIpc) is 2.26. The molecule has 0 atom stereocenters. The van der Waals surface area contributed by atoms with Gasteiger partial charge in [0.05, 0.1) is 0 Å². The van der Waals surface area contributed by atoms with E-state index in [9.17, 15) is 0 Å². The number of aryl methyl sites for hydroxylation is 1. The molecule has 1 aromatic carbocycles. The van der Waals surface area contributed by atoms with Gasteiger partial charge in [-0.1, -0.05) is 23.2 Å². The van der Waals surface area contributed by atoms with Gasteiger partial charge in [0, 0.05) is 28.8 Å². The van der Waals surface area contributed by atoms with Gasteiger partial charge in [0.15, 0.2) is 0 Å². The van der Waals surface area contributed by atoms with Crippen LogP contribution in [-0.4, -0.2) is 17.0 Å². The molecule has 4 nitrogen and oxygen atoms in total. The fourth-order valence-electron chi connectivity index (χ4n) is 1.53. The Balaban J connectivity index is 2.30. The lowest BCUT2D eigenvalue weighted by Crippen LogP contribution is -2.01. The summed E-state index contributed by atoms with van der Waals surface area (Å²) in [6, 6.07) is 7.05. The lowest BCUT2D eigenvalue weighted by molar-refractivity contribution is 1.06. The largest absolute Gasteiger partial charge is 0.373 e. The van der Waals surface area contributed by atoms with Crippen LogP contribution in [0.1, 0.15) is 5.82 Å². The van der Waals surface area contributed by atoms with Gasteiger partial charge in [-0.15, -0.1) is 0 Å². The summed E-state index contributed by atoms with van der Waals surface area (Å²) in [5.74, 6) is 2.11. The van der Waals surface area contributed by atoms with Crippen LogP contribution in [-0.2, 0) is 0 Å². The summed E-state index contributed by atoms with van der Waals surface area (Å²) < 4.78 is 0. The quantitative estimate of drug-likeness (QED) is 0.897. The number of anilines is 3. The van der Waals surface area contributed by atoms with Crippen molar-refractivity contribution >= 4 is 40.5 Å². The summed E-state index contributed by atoms with van der Waals surface area (Å²) in [5.41, 5.74) is 0.785. The van der Waals surface area contributed by atoms with Crippen LogP contribution < -0.4 is 10.6 Å². The van der Waals surface area contributed by atoms with Crippen LogP contribution in [0.2, 0.25) is 10.0 Å². The van der Waals surface area contributed by atoms with Crippen LogP contribution >= 0.6 is 23.2 Å². The molecule has 0 unspecified atom stereocenters. The van der Waals surface area contributed by atoms with Crippen LogP contribution in [0.4, 0.5) is 17.3 Å². The third-order valence-electron chi connectivity index (χ3n) is 2.23. The molecular formula is C12H12Cl2N4. The molecule has 18 heavy (non-hydrogen) atoms. The Hall–Kier alpha value is -1.52. The zero-order chi connectivity index (χ0) is 13.1. The summed E-state index contributed by atoms with van der Waals surface area (Å²) in [7, 11) is 1.81. The van der Waals surface area contributed by atoms with Crippen LogP contribution in [0, 0.1) is 6.92 Å². The highest BCUT2D eigenvalue weighted by atomic mass is 35.5. The molecule has 0 radical (unpaired) electrons. The molecule has 1 heterocycles. The molecular weight excluding hydrogens is 271 g/mol. The number of aromatic nitrogens is 2. The Morgan fingerprint density at radius 1 is 0.944 bits per heavy atom. The zero-order valence-electron chi connectivity index (χ0n) is 9.96. The fraction of sp³-hybridized carbons (Fsp3) is 0.167. The summed E-state index contributed by atoms with van der Waals surface area (Å²) in [4.78, 5) is 8.50. The van der Waals surface area contributed by atoms with Crippen molar-refractivity contribution in [3.05, 3.63) is 40.1 Å². The topological polar surface area (TPSA) is 49.8 Å². The molecule has 0 aliphatic heterocycles. The SMILES string of the molecule is CNc1cc(Nc2cc(Cl)cc(Cl)c2)nc(C)n1. The normalized spacial score (nSPS) is 10.2. The monoisotopic (exact) mass is 282 g/mol. The Kier molecular flexibility index (Phi) is 3.89. The third-order valence-corrected chi connectivity index (χ3v) is 2.67. The summed E-state index contributed by atoms with van der Waals surface area (Å²) in [5, 5.41) is 7.26. The van der Waals surface area contributed by atoms with Crippen molar-refractivity contribution in [3.63, 3.8) is 0 Å². The van der Waals surface area contributed by atoms with E-state index in [0.717, 1.165) is 11.5 Å². The van der Waals surface area contributed by atoms with Gasteiger partial charge >= 0.3 is 0 Å². The van der Waals surface area contributed by atoms with Crippen molar-refractivity contribution in [3.8, 4) is 0 Å². The second-order valence-corrected chi connectivity index (χ2v) is 4.59. The Morgan fingerprint density at radius 2 is 1.56 bits per heavy atom. The average molecular weight is 283 g/mol. The summed E-state index contributed by atoms with van der Waals surface area (Å²) >= 11 is 11.9. The maximum absolute atomic E-state index is 5.94. The molecule has 94 valence electrons. The standard InChI is InChI=1S/C12H12Cl2N4/c1-7-16-11(15-2)6-12(17-7)18-10-4-8(13)3-9(14)5-10/h3-6H,1-2H3,(H2,15,16,17,18). The smallest absolute Gasteiger partial charge is 0.136 e. The second-order valence-electron chi connectivity index (χ2n) is 3.72. The molecule has 1 aromatic heterocycles. The van der Waals surface area contributed by atoms with Crippen LogP contribution in [0.5, 0.6) is 0 Å². The third kappa shape index (κ3) is 3.24. The predicted molar refractivity (Wildman–Crippen MR) is 76.1 cm³/mol. The highest BCUT2D eigenvalue weighted by molar-refractivity contribution is 6.35. The van der Waals surface area contributed by atoms with E-state index in [-0.39, 0.29) is 0 Å². The highest BCUT2D eigenvalue weighted by Crippen LogP contribution is 2.25.